The zero-order valence-corrected chi connectivity index (χ0v) is 18.4. The Morgan fingerprint density at radius 2 is 1.87 bits per heavy atom. The second-order valence-electron chi connectivity index (χ2n) is 9.26. The van der Waals surface area contributed by atoms with Gasteiger partial charge in [-0.1, -0.05) is 6.07 Å². The largest absolute Gasteiger partial charge is 0.492 e. The van der Waals surface area contributed by atoms with E-state index in [-0.39, 0.29) is 0 Å². The Bertz CT molecular complexity index is 1110. The fourth-order valence-corrected chi connectivity index (χ4v) is 5.41. The number of likely N-dealkylation sites (N-methyl/N-ethyl adjacent to an activating group) is 1. The van der Waals surface area contributed by atoms with Crippen molar-refractivity contribution >= 4 is 11.5 Å². The molecule has 7 heteroatoms. The molecule has 2 saturated heterocycles. The number of hydrogen-bond donors (Lipinski definition) is 0. The summed E-state index contributed by atoms with van der Waals surface area (Å²) in [7, 11) is 2.14. The lowest BCUT2D eigenvalue weighted by Gasteiger charge is -2.44. The first-order valence-corrected chi connectivity index (χ1v) is 11.4. The minimum absolute atomic E-state index is 0.414. The molecule has 0 saturated carbocycles. The predicted molar refractivity (Wildman–Crippen MR) is 122 cm³/mol. The summed E-state index contributed by atoms with van der Waals surface area (Å²) in [5.74, 6) is 1.92. The summed E-state index contributed by atoms with van der Waals surface area (Å²) >= 11 is 0. The smallest absolute Gasteiger partial charge is 0.165 e. The minimum Gasteiger partial charge on any atom is -0.492 e. The predicted octanol–water partition coefficient (Wildman–Crippen LogP) is 2.68. The van der Waals surface area contributed by atoms with Crippen LogP contribution in [0.15, 0.2) is 36.7 Å². The van der Waals surface area contributed by atoms with E-state index in [1.54, 1.807) is 0 Å². The first kappa shape index (κ1) is 19.1. The molecule has 0 amide bonds. The summed E-state index contributed by atoms with van der Waals surface area (Å²) in [5, 5.41) is 4.54. The lowest BCUT2D eigenvalue weighted by Crippen LogP contribution is -2.59. The van der Waals surface area contributed by atoms with E-state index >= 15 is 0 Å². The van der Waals surface area contributed by atoms with Gasteiger partial charge in [-0.2, -0.15) is 5.10 Å². The standard InChI is InChI=1S/C24H30N6O/c1-17-5-6-20-12-21(17)22-13-25-30-9-7-23(26-24(22)30)27(2)10-11-29-14-18-4-3-8-28(18)15-19(29)16-31-20/h5-7,9,12-13,18-19H,3-4,8,10-11,14-16H2,1-2H3/t18-,19+/m1/s1. The van der Waals surface area contributed by atoms with Gasteiger partial charge in [0.05, 0.1) is 12.2 Å². The minimum atomic E-state index is 0.414. The number of nitrogens with zero attached hydrogens (tertiary/aromatic N) is 6. The molecule has 4 bridgehead atoms. The molecule has 3 aliphatic rings. The Morgan fingerprint density at radius 1 is 1.00 bits per heavy atom. The van der Waals surface area contributed by atoms with E-state index in [1.807, 2.05) is 16.9 Å². The van der Waals surface area contributed by atoms with Gasteiger partial charge in [-0.25, -0.2) is 9.50 Å². The highest BCUT2D eigenvalue weighted by Gasteiger charge is 2.36. The number of benzene rings is 1. The van der Waals surface area contributed by atoms with Crippen LogP contribution in [0.3, 0.4) is 0 Å². The Kier molecular flexibility index (Phi) is 4.61. The number of rotatable bonds is 0. The van der Waals surface area contributed by atoms with E-state index in [2.05, 4.69) is 58.0 Å². The molecule has 0 N–H and O–H groups in total. The summed E-state index contributed by atoms with van der Waals surface area (Å²) in [6, 6.07) is 9.57. The fourth-order valence-electron chi connectivity index (χ4n) is 5.41. The summed E-state index contributed by atoms with van der Waals surface area (Å²) in [5.41, 5.74) is 4.28. The van der Waals surface area contributed by atoms with Crippen LogP contribution in [0.5, 0.6) is 5.75 Å². The molecule has 5 heterocycles. The van der Waals surface area contributed by atoms with Crippen LogP contribution in [0, 0.1) is 6.92 Å². The van der Waals surface area contributed by atoms with E-state index in [1.165, 1.54) is 24.9 Å². The van der Waals surface area contributed by atoms with Crippen molar-refractivity contribution in [1.29, 1.82) is 0 Å². The molecule has 0 spiro atoms. The molecule has 0 radical (unpaired) electrons. The Hall–Kier alpha value is -2.64. The van der Waals surface area contributed by atoms with Crippen molar-refractivity contribution in [2.75, 3.05) is 51.3 Å². The third kappa shape index (κ3) is 3.36. The van der Waals surface area contributed by atoms with Gasteiger partial charge in [0.15, 0.2) is 5.65 Å². The van der Waals surface area contributed by atoms with Crippen LogP contribution in [0.2, 0.25) is 0 Å². The van der Waals surface area contributed by atoms with Gasteiger partial charge in [-0.05, 0) is 55.6 Å². The van der Waals surface area contributed by atoms with Crippen molar-refractivity contribution in [2.45, 2.75) is 31.8 Å². The number of piperazine rings is 1. The van der Waals surface area contributed by atoms with Crippen LogP contribution in [0.1, 0.15) is 18.4 Å². The number of fused-ring (bicyclic) bond motifs is 6. The Labute approximate surface area is 183 Å². The van der Waals surface area contributed by atoms with Crippen LogP contribution < -0.4 is 9.64 Å². The molecule has 3 aliphatic heterocycles. The van der Waals surface area contributed by atoms with Gasteiger partial charge in [0, 0.05) is 51.0 Å². The first-order chi connectivity index (χ1) is 15.2. The maximum atomic E-state index is 6.39. The third-order valence-electron chi connectivity index (χ3n) is 7.32. The quantitative estimate of drug-likeness (QED) is 0.560. The van der Waals surface area contributed by atoms with Gasteiger partial charge in [0.1, 0.15) is 18.2 Å². The number of hydrogen-bond acceptors (Lipinski definition) is 6. The zero-order chi connectivity index (χ0) is 20.9. The highest BCUT2D eigenvalue weighted by atomic mass is 16.5. The lowest BCUT2D eigenvalue weighted by atomic mass is 10.0. The van der Waals surface area contributed by atoms with E-state index in [0.717, 1.165) is 61.1 Å². The number of aryl methyl sites for hydroxylation is 1. The van der Waals surface area contributed by atoms with Crippen LogP contribution in [-0.2, 0) is 0 Å². The van der Waals surface area contributed by atoms with Crippen molar-refractivity contribution < 1.29 is 4.74 Å². The molecule has 31 heavy (non-hydrogen) atoms. The number of anilines is 1. The van der Waals surface area contributed by atoms with Crippen LogP contribution in [0.25, 0.3) is 16.8 Å². The van der Waals surface area contributed by atoms with Gasteiger partial charge in [0.25, 0.3) is 0 Å². The van der Waals surface area contributed by atoms with Gasteiger partial charge < -0.3 is 9.64 Å². The Balaban J connectivity index is 1.42. The van der Waals surface area contributed by atoms with Crippen molar-refractivity contribution in [3.05, 3.63) is 42.2 Å². The Morgan fingerprint density at radius 3 is 2.81 bits per heavy atom. The average molecular weight is 419 g/mol. The summed E-state index contributed by atoms with van der Waals surface area (Å²) in [6.45, 7) is 8.30. The van der Waals surface area contributed by atoms with Crippen LogP contribution in [0.4, 0.5) is 5.82 Å². The van der Waals surface area contributed by atoms with Crippen molar-refractivity contribution in [3.8, 4) is 16.9 Å². The van der Waals surface area contributed by atoms with Crippen molar-refractivity contribution in [1.82, 2.24) is 24.4 Å². The fraction of sp³-hybridized carbons (Fsp3) is 0.500. The maximum Gasteiger partial charge on any atom is 0.165 e. The van der Waals surface area contributed by atoms with E-state index < -0.39 is 0 Å². The molecule has 2 aromatic heterocycles. The van der Waals surface area contributed by atoms with Crippen LogP contribution >= 0.6 is 0 Å². The average Bonchev–Trinajstić information content (AvgIpc) is 3.42. The first-order valence-electron chi connectivity index (χ1n) is 11.4. The lowest BCUT2D eigenvalue weighted by molar-refractivity contribution is 0.0293. The summed E-state index contributed by atoms with van der Waals surface area (Å²) in [4.78, 5) is 12.6. The zero-order valence-electron chi connectivity index (χ0n) is 18.4. The molecule has 1 aromatic carbocycles. The maximum absolute atomic E-state index is 6.39. The molecular weight excluding hydrogens is 388 g/mol. The van der Waals surface area contributed by atoms with E-state index in [9.17, 15) is 0 Å². The molecule has 3 aromatic rings. The highest BCUT2D eigenvalue weighted by molar-refractivity contribution is 5.80. The third-order valence-corrected chi connectivity index (χ3v) is 7.32. The second-order valence-corrected chi connectivity index (χ2v) is 9.26. The molecule has 2 atom stereocenters. The topological polar surface area (TPSA) is 49.1 Å². The molecule has 0 aliphatic carbocycles. The van der Waals surface area contributed by atoms with E-state index in [0.29, 0.717) is 12.1 Å². The highest BCUT2D eigenvalue weighted by Crippen LogP contribution is 2.32. The van der Waals surface area contributed by atoms with E-state index in [4.69, 9.17) is 9.72 Å². The number of ether oxygens (including phenoxy) is 1. The second kappa shape index (κ2) is 7.50. The SMILES string of the molecule is Cc1ccc2cc1-c1cnn3ccc(nc13)N(C)CCN1C[C@H]3CCCN3C[C@H]1CO2. The summed E-state index contributed by atoms with van der Waals surface area (Å²) in [6.07, 6.45) is 6.58. The molecule has 2 fully saturated rings. The number of aromatic nitrogens is 3. The normalized spacial score (nSPS) is 24.6. The molecule has 6 rings (SSSR count). The molecule has 7 nitrogen and oxygen atoms in total. The van der Waals surface area contributed by atoms with Gasteiger partial charge in [0.2, 0.25) is 0 Å². The molecular formula is C24H30N6O. The van der Waals surface area contributed by atoms with Crippen molar-refractivity contribution in [2.24, 2.45) is 0 Å². The van der Waals surface area contributed by atoms with Crippen LogP contribution in [-0.4, -0.2) is 82.9 Å². The van der Waals surface area contributed by atoms with Crippen molar-refractivity contribution in [3.63, 3.8) is 0 Å². The van der Waals surface area contributed by atoms with Gasteiger partial charge in [-0.15, -0.1) is 0 Å². The monoisotopic (exact) mass is 418 g/mol. The molecule has 0 unspecified atom stereocenters. The summed E-state index contributed by atoms with van der Waals surface area (Å²) < 4.78 is 8.25. The molecule has 162 valence electrons. The van der Waals surface area contributed by atoms with Gasteiger partial charge in [-0.3, -0.25) is 9.80 Å². The van der Waals surface area contributed by atoms with Gasteiger partial charge >= 0.3 is 0 Å².